The molecule has 0 fully saturated rings. The summed E-state index contributed by atoms with van der Waals surface area (Å²) in [5, 5.41) is 8.67. The van der Waals surface area contributed by atoms with E-state index in [0.717, 1.165) is 0 Å². The molecule has 0 saturated heterocycles. The Kier molecular flexibility index (Phi) is 3.69. The van der Waals surface area contributed by atoms with E-state index in [1.807, 2.05) is 13.0 Å². The summed E-state index contributed by atoms with van der Waals surface area (Å²) in [5.41, 5.74) is -0.0444. The summed E-state index contributed by atoms with van der Waals surface area (Å²) in [5.74, 6) is -0.268. The molecule has 0 aliphatic rings. The third kappa shape index (κ3) is 2.33. The van der Waals surface area contributed by atoms with Gasteiger partial charge in [0, 0.05) is 0 Å². The van der Waals surface area contributed by atoms with E-state index in [0.29, 0.717) is 6.61 Å². The molecular formula is C11H10FNO. The maximum absolute atomic E-state index is 13.0. The molecule has 14 heavy (non-hydrogen) atoms. The summed E-state index contributed by atoms with van der Waals surface area (Å²) in [6.07, 6.45) is 3.61. The van der Waals surface area contributed by atoms with Crippen molar-refractivity contribution in [2.24, 2.45) is 0 Å². The van der Waals surface area contributed by atoms with Crippen molar-refractivity contribution in [1.29, 1.82) is 5.26 Å². The summed E-state index contributed by atoms with van der Waals surface area (Å²) in [6, 6.07) is 6.09. The molecule has 1 rings (SSSR count). The SMILES string of the molecule is CC=CCOc1cccc(F)c1C#N. The van der Waals surface area contributed by atoms with Crippen molar-refractivity contribution in [3.8, 4) is 11.8 Å². The first-order valence-electron chi connectivity index (χ1n) is 4.22. The number of rotatable bonds is 3. The Hall–Kier alpha value is -1.82. The van der Waals surface area contributed by atoms with Gasteiger partial charge in [0.15, 0.2) is 0 Å². The molecule has 2 nitrogen and oxygen atoms in total. The second-order valence-corrected chi connectivity index (χ2v) is 2.60. The molecule has 0 aliphatic heterocycles. The number of nitrogens with zero attached hydrogens (tertiary/aromatic N) is 1. The molecule has 0 amide bonds. The lowest BCUT2D eigenvalue weighted by Gasteiger charge is -2.04. The van der Waals surface area contributed by atoms with Crippen LogP contribution in [0.2, 0.25) is 0 Å². The highest BCUT2D eigenvalue weighted by molar-refractivity contribution is 5.43. The van der Waals surface area contributed by atoms with Crippen LogP contribution in [0.1, 0.15) is 12.5 Å². The van der Waals surface area contributed by atoms with Crippen LogP contribution < -0.4 is 4.74 Å². The monoisotopic (exact) mass is 191 g/mol. The van der Waals surface area contributed by atoms with Crippen LogP contribution in [-0.4, -0.2) is 6.61 Å². The highest BCUT2D eigenvalue weighted by Crippen LogP contribution is 2.19. The topological polar surface area (TPSA) is 33.0 Å². The van der Waals surface area contributed by atoms with Crippen molar-refractivity contribution in [2.75, 3.05) is 6.61 Å². The van der Waals surface area contributed by atoms with Crippen LogP contribution in [0.15, 0.2) is 30.4 Å². The third-order valence-electron chi connectivity index (χ3n) is 1.66. The predicted octanol–water partition coefficient (Wildman–Crippen LogP) is 2.65. The molecule has 1 aromatic carbocycles. The van der Waals surface area contributed by atoms with E-state index in [1.165, 1.54) is 12.1 Å². The van der Waals surface area contributed by atoms with Crippen molar-refractivity contribution in [3.05, 3.63) is 41.7 Å². The van der Waals surface area contributed by atoms with Crippen molar-refractivity contribution >= 4 is 0 Å². The number of hydrogen-bond acceptors (Lipinski definition) is 2. The molecule has 1 aromatic rings. The van der Waals surface area contributed by atoms with Gasteiger partial charge in [-0.15, -0.1) is 0 Å². The largest absolute Gasteiger partial charge is 0.488 e. The molecular weight excluding hydrogens is 181 g/mol. The van der Waals surface area contributed by atoms with Crippen LogP contribution in [0.3, 0.4) is 0 Å². The Morgan fingerprint density at radius 1 is 1.57 bits per heavy atom. The van der Waals surface area contributed by atoms with Crippen molar-refractivity contribution in [2.45, 2.75) is 6.92 Å². The molecule has 3 heteroatoms. The van der Waals surface area contributed by atoms with Crippen molar-refractivity contribution in [3.63, 3.8) is 0 Å². The van der Waals surface area contributed by atoms with Gasteiger partial charge in [-0.05, 0) is 19.1 Å². The molecule has 0 bridgehead atoms. The standard InChI is InChI=1S/C11H10FNO/c1-2-3-7-14-11-6-4-5-10(12)9(11)8-13/h2-6H,7H2,1H3. The normalized spacial score (nSPS) is 10.1. The average molecular weight is 191 g/mol. The molecule has 0 N–H and O–H groups in total. The maximum atomic E-state index is 13.0. The fourth-order valence-electron chi connectivity index (χ4n) is 0.967. The summed E-state index contributed by atoms with van der Waals surface area (Å²) >= 11 is 0. The quantitative estimate of drug-likeness (QED) is 0.688. The zero-order chi connectivity index (χ0) is 10.4. The van der Waals surface area contributed by atoms with Gasteiger partial charge in [0.1, 0.15) is 29.8 Å². The van der Waals surface area contributed by atoms with Crippen LogP contribution in [0, 0.1) is 17.1 Å². The zero-order valence-corrected chi connectivity index (χ0v) is 7.83. The minimum Gasteiger partial charge on any atom is -0.488 e. The Bertz CT molecular complexity index is 379. The van der Waals surface area contributed by atoms with E-state index in [-0.39, 0.29) is 11.3 Å². The lowest BCUT2D eigenvalue weighted by Crippen LogP contribution is -1.97. The minimum atomic E-state index is -0.550. The summed E-state index contributed by atoms with van der Waals surface area (Å²) < 4.78 is 18.2. The Morgan fingerprint density at radius 2 is 2.36 bits per heavy atom. The van der Waals surface area contributed by atoms with E-state index in [2.05, 4.69) is 0 Å². The van der Waals surface area contributed by atoms with Gasteiger partial charge in [-0.1, -0.05) is 18.2 Å². The highest BCUT2D eigenvalue weighted by Gasteiger charge is 2.07. The first kappa shape index (κ1) is 10.3. The second kappa shape index (κ2) is 5.03. The summed E-state index contributed by atoms with van der Waals surface area (Å²) in [7, 11) is 0. The first-order valence-corrected chi connectivity index (χ1v) is 4.22. The molecule has 72 valence electrons. The van der Waals surface area contributed by atoms with Crippen LogP contribution in [-0.2, 0) is 0 Å². The Balaban J connectivity index is 2.86. The number of hydrogen-bond donors (Lipinski definition) is 0. The van der Waals surface area contributed by atoms with E-state index < -0.39 is 5.82 Å². The van der Waals surface area contributed by atoms with Gasteiger partial charge in [0.2, 0.25) is 0 Å². The van der Waals surface area contributed by atoms with Gasteiger partial charge in [0.05, 0.1) is 0 Å². The van der Waals surface area contributed by atoms with Gasteiger partial charge in [-0.2, -0.15) is 5.26 Å². The molecule has 0 saturated carbocycles. The van der Waals surface area contributed by atoms with Gasteiger partial charge < -0.3 is 4.74 Å². The average Bonchev–Trinajstić information content (AvgIpc) is 2.18. The smallest absolute Gasteiger partial charge is 0.144 e. The van der Waals surface area contributed by atoms with E-state index >= 15 is 0 Å². The van der Waals surface area contributed by atoms with Crippen LogP contribution in [0.4, 0.5) is 4.39 Å². The predicted molar refractivity (Wildman–Crippen MR) is 51.4 cm³/mol. The molecule has 0 atom stereocenters. The fourth-order valence-corrected chi connectivity index (χ4v) is 0.967. The molecule has 0 heterocycles. The Labute approximate surface area is 82.2 Å². The number of nitriles is 1. The van der Waals surface area contributed by atoms with E-state index in [1.54, 1.807) is 18.2 Å². The molecule has 0 spiro atoms. The maximum Gasteiger partial charge on any atom is 0.144 e. The van der Waals surface area contributed by atoms with Crippen LogP contribution >= 0.6 is 0 Å². The molecule has 0 radical (unpaired) electrons. The number of benzene rings is 1. The van der Waals surface area contributed by atoms with E-state index in [4.69, 9.17) is 10.00 Å². The van der Waals surface area contributed by atoms with Crippen LogP contribution in [0.5, 0.6) is 5.75 Å². The second-order valence-electron chi connectivity index (χ2n) is 2.60. The fraction of sp³-hybridized carbons (Fsp3) is 0.182. The first-order chi connectivity index (χ1) is 6.79. The van der Waals surface area contributed by atoms with Gasteiger partial charge in [0.25, 0.3) is 0 Å². The highest BCUT2D eigenvalue weighted by atomic mass is 19.1. The molecule has 0 aromatic heterocycles. The molecule has 0 unspecified atom stereocenters. The lowest BCUT2D eigenvalue weighted by atomic mass is 10.2. The molecule has 0 aliphatic carbocycles. The lowest BCUT2D eigenvalue weighted by molar-refractivity contribution is 0.359. The van der Waals surface area contributed by atoms with Gasteiger partial charge in [-0.3, -0.25) is 0 Å². The van der Waals surface area contributed by atoms with Crippen molar-refractivity contribution in [1.82, 2.24) is 0 Å². The third-order valence-corrected chi connectivity index (χ3v) is 1.66. The van der Waals surface area contributed by atoms with Crippen LogP contribution in [0.25, 0.3) is 0 Å². The van der Waals surface area contributed by atoms with Gasteiger partial charge in [-0.25, -0.2) is 4.39 Å². The van der Waals surface area contributed by atoms with Gasteiger partial charge >= 0.3 is 0 Å². The van der Waals surface area contributed by atoms with Crippen molar-refractivity contribution < 1.29 is 9.13 Å². The number of allylic oxidation sites excluding steroid dienone is 1. The summed E-state index contributed by atoms with van der Waals surface area (Å²) in [6.45, 7) is 2.20. The summed E-state index contributed by atoms with van der Waals surface area (Å²) in [4.78, 5) is 0. The number of ether oxygens (including phenoxy) is 1. The zero-order valence-electron chi connectivity index (χ0n) is 7.83. The Morgan fingerprint density at radius 3 is 3.00 bits per heavy atom. The van der Waals surface area contributed by atoms with E-state index in [9.17, 15) is 4.39 Å². The minimum absolute atomic E-state index is 0.0444. The number of halogens is 1.